The molecular weight excluding hydrogens is 206 g/mol. The van der Waals surface area contributed by atoms with Crippen molar-refractivity contribution in [3.05, 3.63) is 35.9 Å². The molecule has 1 heteroatoms. The van der Waals surface area contributed by atoms with Gasteiger partial charge in [0, 0.05) is 5.41 Å². The molecule has 0 amide bonds. The maximum atomic E-state index is 3.35. The number of aryl methyl sites for hydroxylation is 1. The first kappa shape index (κ1) is 13.8. The summed E-state index contributed by atoms with van der Waals surface area (Å²) in [6, 6.07) is 10.6. The number of rotatable bonds is 5. The van der Waals surface area contributed by atoms with Gasteiger partial charge in [0.15, 0.2) is 0 Å². The molecule has 17 heavy (non-hydrogen) atoms. The van der Waals surface area contributed by atoms with Crippen molar-refractivity contribution in [2.45, 2.75) is 33.6 Å². The van der Waals surface area contributed by atoms with Gasteiger partial charge in [0.25, 0.3) is 0 Å². The average molecular weight is 229 g/mol. The minimum absolute atomic E-state index is 0.117. The SMILES string of the molecule is CC(C)(C)C#CCNCCCc1ccccc1. The Morgan fingerprint density at radius 3 is 2.47 bits per heavy atom. The standard InChI is InChI=1S/C16H23N/c1-16(2,3)12-8-14-17-13-7-11-15-9-5-4-6-10-15/h4-6,9-10,17H,7,11,13-14H2,1-3H3. The highest BCUT2D eigenvalue weighted by Gasteiger charge is 2.02. The van der Waals surface area contributed by atoms with Crippen molar-refractivity contribution in [1.29, 1.82) is 0 Å². The smallest absolute Gasteiger partial charge is 0.0576 e. The average Bonchev–Trinajstić information content (AvgIpc) is 2.28. The van der Waals surface area contributed by atoms with Crippen LogP contribution >= 0.6 is 0 Å². The number of benzene rings is 1. The molecule has 0 unspecified atom stereocenters. The summed E-state index contributed by atoms with van der Waals surface area (Å²) in [5.74, 6) is 6.38. The Labute approximate surface area is 106 Å². The Bertz CT molecular complexity index is 362. The maximum Gasteiger partial charge on any atom is 0.0576 e. The molecule has 0 spiro atoms. The minimum atomic E-state index is 0.117. The summed E-state index contributed by atoms with van der Waals surface area (Å²) in [6.07, 6.45) is 2.31. The van der Waals surface area contributed by atoms with E-state index in [2.05, 4.69) is 68.3 Å². The summed E-state index contributed by atoms with van der Waals surface area (Å²) in [4.78, 5) is 0. The van der Waals surface area contributed by atoms with Gasteiger partial charge < -0.3 is 5.32 Å². The van der Waals surface area contributed by atoms with E-state index in [1.807, 2.05) is 0 Å². The normalized spacial score (nSPS) is 10.8. The third-order valence-electron chi connectivity index (χ3n) is 2.34. The second kappa shape index (κ2) is 7.14. The zero-order chi connectivity index (χ0) is 12.6. The van der Waals surface area contributed by atoms with Gasteiger partial charge in [-0.3, -0.25) is 0 Å². The zero-order valence-corrected chi connectivity index (χ0v) is 11.2. The molecule has 1 aromatic carbocycles. The van der Waals surface area contributed by atoms with Crippen molar-refractivity contribution < 1.29 is 0 Å². The Morgan fingerprint density at radius 2 is 1.82 bits per heavy atom. The van der Waals surface area contributed by atoms with Crippen LogP contribution in [0.2, 0.25) is 0 Å². The molecule has 1 rings (SSSR count). The van der Waals surface area contributed by atoms with E-state index < -0.39 is 0 Å². The molecule has 0 radical (unpaired) electrons. The third-order valence-corrected chi connectivity index (χ3v) is 2.34. The highest BCUT2D eigenvalue weighted by atomic mass is 14.8. The lowest BCUT2D eigenvalue weighted by Gasteiger charge is -2.07. The van der Waals surface area contributed by atoms with E-state index in [1.165, 1.54) is 12.0 Å². The molecule has 0 aliphatic carbocycles. The van der Waals surface area contributed by atoms with E-state index in [0.717, 1.165) is 19.5 Å². The summed E-state index contributed by atoms with van der Waals surface area (Å²) in [5.41, 5.74) is 1.53. The molecule has 1 N–H and O–H groups in total. The van der Waals surface area contributed by atoms with Crippen LogP contribution in [0.1, 0.15) is 32.8 Å². The number of nitrogens with one attached hydrogen (secondary N) is 1. The first-order valence-corrected chi connectivity index (χ1v) is 6.32. The monoisotopic (exact) mass is 229 g/mol. The van der Waals surface area contributed by atoms with Gasteiger partial charge in [0.05, 0.1) is 6.54 Å². The van der Waals surface area contributed by atoms with Crippen molar-refractivity contribution in [3.63, 3.8) is 0 Å². The Morgan fingerprint density at radius 1 is 1.12 bits per heavy atom. The fraction of sp³-hybridized carbons (Fsp3) is 0.500. The van der Waals surface area contributed by atoms with E-state index in [0.29, 0.717) is 0 Å². The van der Waals surface area contributed by atoms with Crippen molar-refractivity contribution in [3.8, 4) is 11.8 Å². The first-order chi connectivity index (χ1) is 8.08. The highest BCUT2D eigenvalue weighted by Crippen LogP contribution is 2.09. The summed E-state index contributed by atoms with van der Waals surface area (Å²) in [6.45, 7) is 8.24. The molecular formula is C16H23N. The Balaban J connectivity index is 2.07. The quantitative estimate of drug-likeness (QED) is 0.603. The van der Waals surface area contributed by atoms with Gasteiger partial charge in [0.2, 0.25) is 0 Å². The number of hydrogen-bond donors (Lipinski definition) is 1. The third kappa shape index (κ3) is 7.60. The van der Waals surface area contributed by atoms with Crippen LogP contribution in [0.3, 0.4) is 0 Å². The van der Waals surface area contributed by atoms with Crippen LogP contribution in [-0.4, -0.2) is 13.1 Å². The van der Waals surface area contributed by atoms with Gasteiger partial charge in [-0.05, 0) is 45.7 Å². The van der Waals surface area contributed by atoms with Crippen molar-refractivity contribution in [2.75, 3.05) is 13.1 Å². The van der Waals surface area contributed by atoms with Crippen molar-refractivity contribution >= 4 is 0 Å². The summed E-state index contributed by atoms with van der Waals surface area (Å²) < 4.78 is 0. The Hall–Kier alpha value is -1.26. The minimum Gasteiger partial charge on any atom is -0.306 e. The van der Waals surface area contributed by atoms with Crippen molar-refractivity contribution in [2.24, 2.45) is 5.41 Å². The summed E-state index contributed by atoms with van der Waals surface area (Å²) in [7, 11) is 0. The van der Waals surface area contributed by atoms with Gasteiger partial charge in [-0.1, -0.05) is 42.2 Å². The second-order valence-corrected chi connectivity index (χ2v) is 5.32. The predicted molar refractivity (Wildman–Crippen MR) is 74.9 cm³/mol. The molecule has 92 valence electrons. The fourth-order valence-corrected chi connectivity index (χ4v) is 1.52. The van der Waals surface area contributed by atoms with E-state index in [-0.39, 0.29) is 5.41 Å². The molecule has 0 fully saturated rings. The van der Waals surface area contributed by atoms with Gasteiger partial charge in [-0.2, -0.15) is 0 Å². The molecule has 0 atom stereocenters. The molecule has 1 nitrogen and oxygen atoms in total. The van der Waals surface area contributed by atoms with Crippen molar-refractivity contribution in [1.82, 2.24) is 5.32 Å². The van der Waals surface area contributed by atoms with Gasteiger partial charge in [-0.15, -0.1) is 0 Å². The molecule has 0 aromatic heterocycles. The summed E-state index contributed by atoms with van der Waals surface area (Å²) >= 11 is 0. The molecule has 1 aromatic rings. The maximum absolute atomic E-state index is 3.35. The molecule has 0 saturated heterocycles. The summed E-state index contributed by atoms with van der Waals surface area (Å²) in [5, 5.41) is 3.35. The first-order valence-electron chi connectivity index (χ1n) is 6.32. The topological polar surface area (TPSA) is 12.0 Å². The largest absolute Gasteiger partial charge is 0.306 e. The lowest BCUT2D eigenvalue weighted by molar-refractivity contribution is 0.569. The molecule has 0 bridgehead atoms. The van der Waals surface area contributed by atoms with Gasteiger partial charge >= 0.3 is 0 Å². The lowest BCUT2D eigenvalue weighted by Crippen LogP contribution is -2.16. The predicted octanol–water partition coefficient (Wildman–Crippen LogP) is 3.26. The lowest BCUT2D eigenvalue weighted by atomic mass is 9.98. The second-order valence-electron chi connectivity index (χ2n) is 5.32. The zero-order valence-electron chi connectivity index (χ0n) is 11.2. The van der Waals surface area contributed by atoms with E-state index in [1.54, 1.807) is 0 Å². The highest BCUT2D eigenvalue weighted by molar-refractivity contribution is 5.14. The van der Waals surface area contributed by atoms with Crippen LogP contribution in [0.15, 0.2) is 30.3 Å². The van der Waals surface area contributed by atoms with E-state index >= 15 is 0 Å². The van der Waals surface area contributed by atoms with E-state index in [9.17, 15) is 0 Å². The van der Waals surface area contributed by atoms with Crippen LogP contribution in [0.25, 0.3) is 0 Å². The molecule has 0 aliphatic heterocycles. The van der Waals surface area contributed by atoms with Crippen LogP contribution in [0, 0.1) is 17.3 Å². The Kier molecular flexibility index (Phi) is 5.80. The van der Waals surface area contributed by atoms with Crippen LogP contribution in [-0.2, 0) is 6.42 Å². The van der Waals surface area contributed by atoms with Crippen LogP contribution in [0.5, 0.6) is 0 Å². The van der Waals surface area contributed by atoms with E-state index in [4.69, 9.17) is 0 Å². The van der Waals surface area contributed by atoms with Crippen LogP contribution in [0.4, 0.5) is 0 Å². The molecule has 0 saturated carbocycles. The molecule has 0 aliphatic rings. The van der Waals surface area contributed by atoms with Crippen LogP contribution < -0.4 is 5.32 Å². The van der Waals surface area contributed by atoms with Gasteiger partial charge in [-0.25, -0.2) is 0 Å². The fourth-order valence-electron chi connectivity index (χ4n) is 1.52. The number of hydrogen-bond acceptors (Lipinski definition) is 1. The molecule has 0 heterocycles. The van der Waals surface area contributed by atoms with Gasteiger partial charge in [0.1, 0.15) is 0 Å².